The molecule has 2 aromatic rings. The number of nitrogens with one attached hydrogen (secondary N) is 1. The highest BCUT2D eigenvalue weighted by Gasteiger charge is 2.44. The predicted octanol–water partition coefficient (Wildman–Crippen LogP) is 0.569. The lowest BCUT2D eigenvalue weighted by atomic mass is 10.0. The maximum atomic E-state index is 12.7. The highest BCUT2D eigenvalue weighted by molar-refractivity contribution is 6.09. The molecule has 0 aliphatic carbocycles. The van der Waals surface area contributed by atoms with Crippen molar-refractivity contribution in [2.45, 2.75) is 31.3 Å². The SMILES string of the molecule is NC(=O)C(Cc1ccccc1)N1C(=O)CC(NC(=O)Cc2ccccc2)C1=O. The van der Waals surface area contributed by atoms with Gasteiger partial charge in [0.1, 0.15) is 12.1 Å². The van der Waals surface area contributed by atoms with Gasteiger partial charge in [-0.2, -0.15) is 0 Å². The second-order valence-corrected chi connectivity index (χ2v) is 6.70. The zero-order chi connectivity index (χ0) is 20.1. The summed E-state index contributed by atoms with van der Waals surface area (Å²) >= 11 is 0. The molecule has 4 amide bonds. The molecule has 2 atom stereocenters. The van der Waals surface area contributed by atoms with Gasteiger partial charge in [0, 0.05) is 6.42 Å². The fourth-order valence-electron chi connectivity index (χ4n) is 3.27. The van der Waals surface area contributed by atoms with Crippen LogP contribution in [0.3, 0.4) is 0 Å². The first kappa shape index (κ1) is 19.3. The Morgan fingerprint density at radius 2 is 1.57 bits per heavy atom. The number of carbonyl (C=O) groups excluding carboxylic acids is 4. The second-order valence-electron chi connectivity index (χ2n) is 6.70. The van der Waals surface area contributed by atoms with Gasteiger partial charge in [-0.3, -0.25) is 24.1 Å². The zero-order valence-corrected chi connectivity index (χ0v) is 15.2. The van der Waals surface area contributed by atoms with Gasteiger partial charge in [0.15, 0.2) is 0 Å². The van der Waals surface area contributed by atoms with Crippen molar-refractivity contribution in [1.29, 1.82) is 0 Å². The van der Waals surface area contributed by atoms with Crippen LogP contribution in [-0.2, 0) is 32.0 Å². The van der Waals surface area contributed by atoms with Gasteiger partial charge in [-0.1, -0.05) is 60.7 Å². The molecule has 3 rings (SSSR count). The van der Waals surface area contributed by atoms with E-state index in [2.05, 4.69) is 5.32 Å². The van der Waals surface area contributed by atoms with Crippen LogP contribution in [0.2, 0.25) is 0 Å². The summed E-state index contributed by atoms with van der Waals surface area (Å²) in [6, 6.07) is 16.0. The van der Waals surface area contributed by atoms with Crippen LogP contribution in [-0.4, -0.2) is 40.6 Å². The van der Waals surface area contributed by atoms with Crippen molar-refractivity contribution < 1.29 is 19.2 Å². The number of imide groups is 1. The summed E-state index contributed by atoms with van der Waals surface area (Å²) in [6.45, 7) is 0. The average molecular weight is 379 g/mol. The van der Waals surface area contributed by atoms with E-state index in [0.29, 0.717) is 0 Å². The lowest BCUT2D eigenvalue weighted by Gasteiger charge is -2.24. The van der Waals surface area contributed by atoms with Gasteiger partial charge in [0.25, 0.3) is 5.91 Å². The molecule has 2 aromatic carbocycles. The van der Waals surface area contributed by atoms with Gasteiger partial charge in [-0.05, 0) is 11.1 Å². The van der Waals surface area contributed by atoms with E-state index < -0.39 is 29.8 Å². The summed E-state index contributed by atoms with van der Waals surface area (Å²) in [5.74, 6) is -2.25. The molecule has 0 aromatic heterocycles. The molecular formula is C21H21N3O4. The monoisotopic (exact) mass is 379 g/mol. The molecule has 1 saturated heterocycles. The Balaban J connectivity index is 1.69. The summed E-state index contributed by atoms with van der Waals surface area (Å²) in [4.78, 5) is 50.2. The molecule has 1 heterocycles. The largest absolute Gasteiger partial charge is 0.368 e. The Kier molecular flexibility index (Phi) is 5.84. The van der Waals surface area contributed by atoms with E-state index in [4.69, 9.17) is 5.73 Å². The number of nitrogens with zero attached hydrogens (tertiary/aromatic N) is 1. The van der Waals surface area contributed by atoms with Crippen molar-refractivity contribution in [3.05, 3.63) is 71.8 Å². The molecule has 7 nitrogen and oxygen atoms in total. The van der Waals surface area contributed by atoms with Crippen molar-refractivity contribution in [2.24, 2.45) is 5.73 Å². The Morgan fingerprint density at radius 3 is 2.14 bits per heavy atom. The fourth-order valence-corrected chi connectivity index (χ4v) is 3.27. The zero-order valence-electron chi connectivity index (χ0n) is 15.2. The number of nitrogens with two attached hydrogens (primary N) is 1. The van der Waals surface area contributed by atoms with Crippen LogP contribution in [0, 0.1) is 0 Å². The molecule has 3 N–H and O–H groups in total. The molecular weight excluding hydrogens is 358 g/mol. The normalized spacial score (nSPS) is 17.4. The smallest absolute Gasteiger partial charge is 0.253 e. The molecule has 2 unspecified atom stereocenters. The minimum atomic E-state index is -1.08. The van der Waals surface area contributed by atoms with Crippen LogP contribution in [0.4, 0.5) is 0 Å². The van der Waals surface area contributed by atoms with E-state index >= 15 is 0 Å². The molecule has 28 heavy (non-hydrogen) atoms. The topological polar surface area (TPSA) is 110 Å². The number of carbonyl (C=O) groups is 4. The van der Waals surface area contributed by atoms with Crippen LogP contribution >= 0.6 is 0 Å². The van der Waals surface area contributed by atoms with Crippen LogP contribution in [0.5, 0.6) is 0 Å². The van der Waals surface area contributed by atoms with Gasteiger partial charge in [-0.15, -0.1) is 0 Å². The van der Waals surface area contributed by atoms with Crippen molar-refractivity contribution in [2.75, 3.05) is 0 Å². The van der Waals surface area contributed by atoms with E-state index in [1.54, 1.807) is 36.4 Å². The molecule has 1 aliphatic rings. The number of amides is 4. The molecule has 0 radical (unpaired) electrons. The molecule has 1 fully saturated rings. The first-order valence-electron chi connectivity index (χ1n) is 8.98. The Labute approximate surface area is 162 Å². The number of rotatable bonds is 7. The highest BCUT2D eigenvalue weighted by atomic mass is 16.2. The number of primary amides is 1. The summed E-state index contributed by atoms with van der Waals surface area (Å²) in [5.41, 5.74) is 7.05. The Bertz CT molecular complexity index is 883. The maximum absolute atomic E-state index is 12.7. The van der Waals surface area contributed by atoms with E-state index in [1.165, 1.54) is 0 Å². The number of benzene rings is 2. The third kappa shape index (κ3) is 4.43. The van der Waals surface area contributed by atoms with E-state index in [9.17, 15) is 19.2 Å². The van der Waals surface area contributed by atoms with Gasteiger partial charge in [-0.25, -0.2) is 0 Å². The quantitative estimate of drug-likeness (QED) is 0.685. The minimum Gasteiger partial charge on any atom is -0.368 e. The Hall–Kier alpha value is -3.48. The van der Waals surface area contributed by atoms with Crippen LogP contribution in [0.15, 0.2) is 60.7 Å². The van der Waals surface area contributed by atoms with Gasteiger partial charge >= 0.3 is 0 Å². The first-order valence-corrected chi connectivity index (χ1v) is 8.98. The molecule has 7 heteroatoms. The number of hydrogen-bond donors (Lipinski definition) is 2. The third-order valence-corrected chi connectivity index (χ3v) is 4.64. The molecule has 0 saturated carbocycles. The standard InChI is InChI=1S/C21H21N3O4/c22-20(27)17(11-14-7-3-1-4-8-14)24-19(26)13-16(21(24)28)23-18(25)12-15-9-5-2-6-10-15/h1-10,16-17H,11-13H2,(H2,22,27)(H,23,25). The molecule has 1 aliphatic heterocycles. The first-order chi connectivity index (χ1) is 13.5. The predicted molar refractivity (Wildman–Crippen MR) is 102 cm³/mol. The van der Waals surface area contributed by atoms with E-state index in [0.717, 1.165) is 16.0 Å². The number of likely N-dealkylation sites (tertiary alicyclic amines) is 1. The van der Waals surface area contributed by atoms with E-state index in [1.807, 2.05) is 24.3 Å². The fraction of sp³-hybridized carbons (Fsp3) is 0.238. The summed E-state index contributed by atoms with van der Waals surface area (Å²) in [5, 5.41) is 2.59. The van der Waals surface area contributed by atoms with Crippen molar-refractivity contribution in [3.63, 3.8) is 0 Å². The lowest BCUT2D eigenvalue weighted by Crippen LogP contribution is -2.51. The van der Waals surface area contributed by atoms with Crippen molar-refractivity contribution >= 4 is 23.6 Å². The lowest BCUT2D eigenvalue weighted by molar-refractivity contribution is -0.146. The summed E-state index contributed by atoms with van der Waals surface area (Å²) in [7, 11) is 0. The third-order valence-electron chi connectivity index (χ3n) is 4.64. The number of hydrogen-bond acceptors (Lipinski definition) is 4. The molecule has 0 bridgehead atoms. The average Bonchev–Trinajstić information content (AvgIpc) is 2.94. The van der Waals surface area contributed by atoms with Gasteiger partial charge in [0.2, 0.25) is 17.7 Å². The molecule has 0 spiro atoms. The van der Waals surface area contributed by atoms with Crippen LogP contribution in [0.1, 0.15) is 17.5 Å². The van der Waals surface area contributed by atoms with Crippen molar-refractivity contribution in [3.8, 4) is 0 Å². The highest BCUT2D eigenvalue weighted by Crippen LogP contribution is 2.19. The second kappa shape index (κ2) is 8.47. The van der Waals surface area contributed by atoms with Crippen LogP contribution < -0.4 is 11.1 Å². The van der Waals surface area contributed by atoms with Gasteiger partial charge < -0.3 is 11.1 Å². The summed E-state index contributed by atoms with van der Waals surface area (Å²) in [6.07, 6.45) is 0.0539. The Morgan fingerprint density at radius 1 is 1.00 bits per heavy atom. The molecule has 144 valence electrons. The summed E-state index contributed by atoms with van der Waals surface area (Å²) < 4.78 is 0. The van der Waals surface area contributed by atoms with E-state index in [-0.39, 0.29) is 25.2 Å². The maximum Gasteiger partial charge on any atom is 0.253 e. The minimum absolute atomic E-state index is 0.0993. The van der Waals surface area contributed by atoms with Crippen molar-refractivity contribution in [1.82, 2.24) is 10.2 Å². The van der Waals surface area contributed by atoms with Gasteiger partial charge in [0.05, 0.1) is 12.8 Å². The van der Waals surface area contributed by atoms with Crippen LogP contribution in [0.25, 0.3) is 0 Å².